The maximum Gasteiger partial charge on any atom is 0.469 e. The van der Waals surface area contributed by atoms with Crippen LogP contribution in [0.15, 0.2) is 0 Å². The van der Waals surface area contributed by atoms with Crippen molar-refractivity contribution in [2.24, 2.45) is 0 Å². The lowest BCUT2D eigenvalue weighted by atomic mass is 10.1. The van der Waals surface area contributed by atoms with Crippen molar-refractivity contribution in [1.29, 1.82) is 0 Å². The zero-order valence-corrected chi connectivity index (χ0v) is 23.8. The van der Waals surface area contributed by atoms with E-state index in [2.05, 4.69) is 18.4 Å². The third-order valence-electron chi connectivity index (χ3n) is 6.13. The summed E-state index contributed by atoms with van der Waals surface area (Å²) >= 11 is 0. The molecule has 0 heterocycles. The largest absolute Gasteiger partial charge is 0.469 e. The number of esters is 2. The second-order valence-corrected chi connectivity index (χ2v) is 11.0. The first-order valence-corrected chi connectivity index (χ1v) is 15.9. The van der Waals surface area contributed by atoms with Crippen molar-refractivity contribution >= 4 is 19.8 Å². The molecule has 0 rings (SSSR count). The van der Waals surface area contributed by atoms with Crippen molar-refractivity contribution in [3.05, 3.63) is 0 Å². The first kappa shape index (κ1) is 35.0. The molecule has 0 amide bonds. The summed E-state index contributed by atoms with van der Waals surface area (Å²) in [6, 6.07) is 0. The van der Waals surface area contributed by atoms with Crippen LogP contribution in [0.4, 0.5) is 0 Å². The van der Waals surface area contributed by atoms with Crippen LogP contribution in [0.3, 0.4) is 0 Å². The smallest absolute Gasteiger partial charge is 0.462 e. The van der Waals surface area contributed by atoms with E-state index in [1.165, 1.54) is 70.6 Å². The summed E-state index contributed by atoms with van der Waals surface area (Å²) in [6.07, 6.45) is 19.9. The fraction of sp³-hybridized carbons (Fsp3) is 0.926. The number of hydrogen-bond acceptors (Lipinski definition) is 6. The summed E-state index contributed by atoms with van der Waals surface area (Å²) in [5.74, 6) is -0.888. The van der Waals surface area contributed by atoms with E-state index in [1.54, 1.807) is 0 Å². The van der Waals surface area contributed by atoms with Gasteiger partial charge in [0.25, 0.3) is 0 Å². The number of carbonyl (C=O) groups is 2. The number of unbranched alkanes of at least 4 members (excludes halogenated alkanes) is 16. The van der Waals surface area contributed by atoms with E-state index in [1.807, 2.05) is 0 Å². The van der Waals surface area contributed by atoms with E-state index in [4.69, 9.17) is 19.3 Å². The normalized spacial score (nSPS) is 12.4. The molecule has 0 aliphatic carbocycles. The highest BCUT2D eigenvalue weighted by Crippen LogP contribution is 2.35. The van der Waals surface area contributed by atoms with Gasteiger partial charge >= 0.3 is 19.8 Å². The van der Waals surface area contributed by atoms with E-state index >= 15 is 0 Å². The van der Waals surface area contributed by atoms with Crippen molar-refractivity contribution < 1.29 is 37.9 Å². The fourth-order valence-corrected chi connectivity index (χ4v) is 4.32. The van der Waals surface area contributed by atoms with Gasteiger partial charge in [-0.1, -0.05) is 117 Å². The predicted molar refractivity (Wildman–Crippen MR) is 143 cm³/mol. The van der Waals surface area contributed by atoms with E-state index in [0.717, 1.165) is 38.5 Å². The molecule has 0 bridgehead atoms. The zero-order chi connectivity index (χ0) is 26.9. The number of rotatable bonds is 26. The molecule has 0 fully saturated rings. The van der Waals surface area contributed by atoms with Crippen molar-refractivity contribution in [3.63, 3.8) is 0 Å². The number of ether oxygens (including phenoxy) is 2. The van der Waals surface area contributed by atoms with E-state index in [9.17, 15) is 14.2 Å². The summed E-state index contributed by atoms with van der Waals surface area (Å²) in [4.78, 5) is 42.1. The van der Waals surface area contributed by atoms with Crippen molar-refractivity contribution in [3.8, 4) is 0 Å². The number of phosphoric ester groups is 1. The first-order chi connectivity index (χ1) is 17.3. The SMILES string of the molecule is CCCCCCCCCCCCC(=O)O[C@H](COC(=O)CCCCCCCCCC)COP(=O)(O)O. The van der Waals surface area contributed by atoms with Gasteiger partial charge in [-0.15, -0.1) is 0 Å². The Morgan fingerprint density at radius 3 is 1.42 bits per heavy atom. The van der Waals surface area contributed by atoms with Gasteiger partial charge in [0.15, 0.2) is 6.10 Å². The molecule has 36 heavy (non-hydrogen) atoms. The van der Waals surface area contributed by atoms with Gasteiger partial charge in [0.2, 0.25) is 0 Å². The highest BCUT2D eigenvalue weighted by Gasteiger charge is 2.22. The topological polar surface area (TPSA) is 119 Å². The summed E-state index contributed by atoms with van der Waals surface area (Å²) in [5, 5.41) is 0. The predicted octanol–water partition coefficient (Wildman–Crippen LogP) is 7.39. The summed E-state index contributed by atoms with van der Waals surface area (Å²) in [7, 11) is -4.72. The van der Waals surface area contributed by atoms with Gasteiger partial charge in [-0.25, -0.2) is 4.57 Å². The average Bonchev–Trinajstić information content (AvgIpc) is 2.83. The van der Waals surface area contributed by atoms with Gasteiger partial charge in [0.1, 0.15) is 6.61 Å². The Morgan fingerprint density at radius 1 is 0.611 bits per heavy atom. The zero-order valence-electron chi connectivity index (χ0n) is 22.9. The lowest BCUT2D eigenvalue weighted by Crippen LogP contribution is -2.29. The van der Waals surface area contributed by atoms with Gasteiger partial charge in [-0.3, -0.25) is 14.1 Å². The van der Waals surface area contributed by atoms with Crippen LogP contribution < -0.4 is 0 Å². The van der Waals surface area contributed by atoms with Crippen LogP contribution in [0, 0.1) is 0 Å². The van der Waals surface area contributed by atoms with Gasteiger partial charge in [-0.2, -0.15) is 0 Å². The molecule has 0 unspecified atom stereocenters. The second kappa shape index (κ2) is 24.4. The second-order valence-electron chi connectivity index (χ2n) is 9.74. The summed E-state index contributed by atoms with van der Waals surface area (Å²) in [5.41, 5.74) is 0. The Balaban J connectivity index is 4.08. The minimum absolute atomic E-state index is 0.217. The average molecular weight is 537 g/mol. The molecule has 0 radical (unpaired) electrons. The Morgan fingerprint density at radius 2 is 1.00 bits per heavy atom. The molecule has 0 aromatic heterocycles. The molecule has 0 aliphatic heterocycles. The van der Waals surface area contributed by atoms with Crippen molar-refractivity contribution in [2.45, 2.75) is 148 Å². The van der Waals surface area contributed by atoms with Crippen LogP contribution in [0.1, 0.15) is 142 Å². The number of hydrogen-bond donors (Lipinski definition) is 2. The molecule has 1 atom stereocenters. The Hall–Kier alpha value is -0.950. The third kappa shape index (κ3) is 26.1. The maximum absolute atomic E-state index is 12.2. The van der Waals surface area contributed by atoms with E-state index < -0.39 is 32.5 Å². The van der Waals surface area contributed by atoms with Crippen LogP contribution in [0.25, 0.3) is 0 Å². The molecule has 0 aliphatic rings. The molecular formula is C27H53O8P. The lowest BCUT2D eigenvalue weighted by molar-refractivity contribution is -0.161. The summed E-state index contributed by atoms with van der Waals surface area (Å²) in [6.45, 7) is 3.59. The lowest BCUT2D eigenvalue weighted by Gasteiger charge is -2.18. The summed E-state index contributed by atoms with van der Waals surface area (Å²) < 4.78 is 26.0. The minimum Gasteiger partial charge on any atom is -0.462 e. The highest BCUT2D eigenvalue weighted by atomic mass is 31.2. The molecule has 214 valence electrons. The fourth-order valence-electron chi connectivity index (χ4n) is 3.96. The molecule has 0 saturated heterocycles. The van der Waals surface area contributed by atoms with Crippen LogP contribution in [0.2, 0.25) is 0 Å². The molecule has 0 saturated carbocycles. The highest BCUT2D eigenvalue weighted by molar-refractivity contribution is 7.46. The number of phosphoric acid groups is 1. The molecule has 0 aromatic carbocycles. The molecule has 0 aromatic rings. The van der Waals surface area contributed by atoms with Crippen molar-refractivity contribution in [1.82, 2.24) is 0 Å². The molecule has 9 heteroatoms. The Bertz CT molecular complexity index is 578. The Kier molecular flexibility index (Phi) is 23.7. The third-order valence-corrected chi connectivity index (χ3v) is 6.61. The maximum atomic E-state index is 12.2. The van der Waals surface area contributed by atoms with Gasteiger partial charge in [-0.05, 0) is 12.8 Å². The van der Waals surface area contributed by atoms with Crippen LogP contribution in [-0.4, -0.2) is 41.0 Å². The molecule has 2 N–H and O–H groups in total. The Labute approximate surface area is 219 Å². The first-order valence-electron chi connectivity index (χ1n) is 14.3. The van der Waals surface area contributed by atoms with Crippen LogP contribution >= 0.6 is 7.82 Å². The molecular weight excluding hydrogens is 483 g/mol. The molecule has 8 nitrogen and oxygen atoms in total. The van der Waals surface area contributed by atoms with Crippen molar-refractivity contribution in [2.75, 3.05) is 13.2 Å². The quantitative estimate of drug-likeness (QED) is 0.0667. The van der Waals surface area contributed by atoms with E-state index in [-0.39, 0.29) is 19.4 Å². The van der Waals surface area contributed by atoms with Gasteiger partial charge in [0, 0.05) is 12.8 Å². The van der Waals surface area contributed by atoms with Crippen LogP contribution in [-0.2, 0) is 28.2 Å². The van der Waals surface area contributed by atoms with Crippen LogP contribution in [0.5, 0.6) is 0 Å². The monoisotopic (exact) mass is 536 g/mol. The van der Waals surface area contributed by atoms with Gasteiger partial charge in [0.05, 0.1) is 6.61 Å². The van der Waals surface area contributed by atoms with E-state index in [0.29, 0.717) is 6.42 Å². The standard InChI is InChI=1S/C27H53O8P/c1-3-5-7-9-11-13-14-16-18-20-22-27(29)35-25(24-34-36(30,31)32)23-33-26(28)21-19-17-15-12-10-8-6-4-2/h25H,3-24H2,1-2H3,(H2,30,31,32)/t25-/m1/s1. The molecule has 0 spiro atoms. The number of carbonyl (C=O) groups excluding carboxylic acids is 2. The minimum atomic E-state index is -4.72. The van der Waals surface area contributed by atoms with Gasteiger partial charge < -0.3 is 19.3 Å².